The molecule has 24 heavy (non-hydrogen) atoms. The molecule has 3 heterocycles. The van der Waals surface area contributed by atoms with Crippen LogP contribution in [0.25, 0.3) is 0 Å². The third-order valence-electron chi connectivity index (χ3n) is 5.30. The molecule has 0 N–H and O–H groups in total. The van der Waals surface area contributed by atoms with E-state index in [-0.39, 0.29) is 11.5 Å². The highest BCUT2D eigenvalue weighted by atomic mass is 16.5. The average molecular weight is 324 g/mol. The third-order valence-corrected chi connectivity index (χ3v) is 5.30. The van der Waals surface area contributed by atoms with E-state index in [0.29, 0.717) is 6.42 Å². The van der Waals surface area contributed by atoms with Crippen LogP contribution in [0.3, 0.4) is 0 Å². The van der Waals surface area contributed by atoms with Crippen LogP contribution in [0.4, 0.5) is 0 Å². The fraction of sp³-hybridized carbons (Fsp3) is 0.450. The number of rotatable bonds is 2. The van der Waals surface area contributed by atoms with E-state index in [4.69, 9.17) is 4.74 Å². The van der Waals surface area contributed by atoms with Crippen molar-refractivity contribution in [3.05, 3.63) is 53.9 Å². The van der Waals surface area contributed by atoms with Crippen molar-refractivity contribution < 1.29 is 9.53 Å². The first-order chi connectivity index (χ1) is 11.7. The second kappa shape index (κ2) is 6.00. The quantitative estimate of drug-likeness (QED) is 0.847. The molecule has 0 radical (unpaired) electrons. The first-order valence-electron chi connectivity index (χ1n) is 8.92. The van der Waals surface area contributed by atoms with Gasteiger partial charge >= 0.3 is 0 Å². The lowest BCUT2D eigenvalue weighted by atomic mass is 9.87. The van der Waals surface area contributed by atoms with Crippen LogP contribution in [-0.2, 0) is 16.9 Å². The second-order valence-corrected chi connectivity index (χ2v) is 6.86. The summed E-state index contributed by atoms with van der Waals surface area (Å²) in [5.41, 5.74) is 2.14. The Balaban J connectivity index is 1.65. The van der Waals surface area contributed by atoms with Gasteiger partial charge in [-0.3, -0.25) is 4.79 Å². The highest BCUT2D eigenvalue weighted by Crippen LogP contribution is 2.41. The molecule has 2 aromatic rings. The maximum atomic E-state index is 12.2. The number of likely N-dealkylation sites (tertiary alicyclic amines) is 1. The van der Waals surface area contributed by atoms with E-state index in [2.05, 4.69) is 48.0 Å². The molecular formula is C20H24N2O2. The summed E-state index contributed by atoms with van der Waals surface area (Å²) < 4.78 is 8.90. The Labute approximate surface area is 143 Å². The van der Waals surface area contributed by atoms with Crippen LogP contribution in [0.1, 0.15) is 43.9 Å². The zero-order valence-electron chi connectivity index (χ0n) is 14.2. The van der Waals surface area contributed by atoms with Gasteiger partial charge in [0.1, 0.15) is 5.75 Å². The molecule has 126 valence electrons. The maximum Gasteiger partial charge on any atom is 0.222 e. The number of fused-ring (bicyclic) bond motifs is 3. The lowest BCUT2D eigenvalue weighted by Gasteiger charge is -2.41. The van der Waals surface area contributed by atoms with Gasteiger partial charge in [0.05, 0.1) is 12.2 Å². The average Bonchev–Trinajstić information content (AvgIpc) is 3.02. The fourth-order valence-electron chi connectivity index (χ4n) is 3.99. The molecule has 2 aliphatic heterocycles. The number of para-hydroxylation sites is 1. The largest absolute Gasteiger partial charge is 0.481 e. The van der Waals surface area contributed by atoms with Crippen molar-refractivity contribution in [2.45, 2.75) is 44.8 Å². The van der Waals surface area contributed by atoms with Gasteiger partial charge < -0.3 is 14.2 Å². The van der Waals surface area contributed by atoms with E-state index in [1.165, 1.54) is 11.3 Å². The molecule has 0 unspecified atom stereocenters. The summed E-state index contributed by atoms with van der Waals surface area (Å²) in [7, 11) is 0. The summed E-state index contributed by atoms with van der Waals surface area (Å²) in [5.74, 6) is 1.26. The summed E-state index contributed by atoms with van der Waals surface area (Å²) in [6, 6.07) is 12.6. The normalized spacial score (nSPS) is 18.5. The van der Waals surface area contributed by atoms with Crippen LogP contribution in [0, 0.1) is 0 Å². The standard InChI is InChI=1S/C20H24N2O2/c1-2-6-19(23)21-13-10-20(11-14-21)18-9-5-12-22(18)15-16-7-3-4-8-17(16)24-20/h3-5,7-9,12H,2,6,10-11,13-15H2,1H3. The number of hydrogen-bond donors (Lipinski definition) is 0. The number of amides is 1. The molecule has 0 aliphatic carbocycles. The SMILES string of the molecule is CCCC(=O)N1CCC2(CC1)Oc1ccccc1Cn1cccc12. The lowest BCUT2D eigenvalue weighted by Crippen LogP contribution is -2.48. The number of piperidine rings is 1. The van der Waals surface area contributed by atoms with Crippen LogP contribution in [-0.4, -0.2) is 28.5 Å². The molecule has 4 heteroatoms. The molecule has 1 spiro atoms. The zero-order valence-corrected chi connectivity index (χ0v) is 14.2. The Morgan fingerprint density at radius 2 is 1.96 bits per heavy atom. The number of ether oxygens (including phenoxy) is 1. The monoisotopic (exact) mass is 324 g/mol. The molecule has 2 aliphatic rings. The van der Waals surface area contributed by atoms with Crippen molar-refractivity contribution in [3.63, 3.8) is 0 Å². The molecule has 4 nitrogen and oxygen atoms in total. The molecule has 1 amide bonds. The van der Waals surface area contributed by atoms with E-state index < -0.39 is 0 Å². The van der Waals surface area contributed by atoms with Gasteiger partial charge in [0.25, 0.3) is 0 Å². The third kappa shape index (κ3) is 2.50. The van der Waals surface area contributed by atoms with Crippen LogP contribution in [0.2, 0.25) is 0 Å². The Hall–Kier alpha value is -2.23. The molecule has 0 saturated carbocycles. The fourth-order valence-corrected chi connectivity index (χ4v) is 3.99. The minimum absolute atomic E-state index is 0.275. The summed E-state index contributed by atoms with van der Waals surface area (Å²) in [5, 5.41) is 0. The number of benzene rings is 1. The first kappa shape index (κ1) is 15.3. The van der Waals surface area contributed by atoms with E-state index in [1.807, 2.05) is 11.0 Å². The Morgan fingerprint density at radius 1 is 1.17 bits per heavy atom. The van der Waals surface area contributed by atoms with Crippen molar-refractivity contribution in [1.29, 1.82) is 0 Å². The minimum Gasteiger partial charge on any atom is -0.481 e. The van der Waals surface area contributed by atoms with Crippen molar-refractivity contribution in [2.24, 2.45) is 0 Å². The number of aromatic nitrogens is 1. The van der Waals surface area contributed by atoms with Gasteiger partial charge in [-0.05, 0) is 24.6 Å². The number of carbonyl (C=O) groups excluding carboxylic acids is 1. The van der Waals surface area contributed by atoms with E-state index in [1.54, 1.807) is 0 Å². The van der Waals surface area contributed by atoms with Crippen molar-refractivity contribution in [3.8, 4) is 5.75 Å². The summed E-state index contributed by atoms with van der Waals surface area (Å²) in [6.07, 6.45) is 5.39. The first-order valence-corrected chi connectivity index (χ1v) is 8.92. The lowest BCUT2D eigenvalue weighted by molar-refractivity contribution is -0.135. The maximum absolute atomic E-state index is 12.2. The van der Waals surface area contributed by atoms with Gasteiger partial charge in [-0.15, -0.1) is 0 Å². The summed E-state index contributed by atoms with van der Waals surface area (Å²) in [4.78, 5) is 14.2. The molecule has 1 fully saturated rings. The van der Waals surface area contributed by atoms with Crippen molar-refractivity contribution >= 4 is 5.91 Å². The number of nitrogens with zero attached hydrogens (tertiary/aromatic N) is 2. The predicted molar refractivity (Wildman–Crippen MR) is 93.0 cm³/mol. The smallest absolute Gasteiger partial charge is 0.222 e. The van der Waals surface area contributed by atoms with Gasteiger partial charge in [0.2, 0.25) is 5.91 Å². The van der Waals surface area contributed by atoms with Crippen LogP contribution >= 0.6 is 0 Å². The molecule has 4 rings (SSSR count). The zero-order chi connectivity index (χ0) is 16.6. The van der Waals surface area contributed by atoms with E-state index >= 15 is 0 Å². The van der Waals surface area contributed by atoms with E-state index in [9.17, 15) is 4.79 Å². The van der Waals surface area contributed by atoms with Crippen LogP contribution < -0.4 is 4.74 Å². The Kier molecular flexibility index (Phi) is 3.83. The van der Waals surface area contributed by atoms with Gasteiger partial charge in [-0.2, -0.15) is 0 Å². The minimum atomic E-state index is -0.320. The highest BCUT2D eigenvalue weighted by Gasteiger charge is 2.42. The molecule has 0 atom stereocenters. The summed E-state index contributed by atoms with van der Waals surface area (Å²) >= 11 is 0. The Morgan fingerprint density at radius 3 is 2.75 bits per heavy atom. The van der Waals surface area contributed by atoms with Crippen LogP contribution in [0.15, 0.2) is 42.6 Å². The molecule has 1 aromatic heterocycles. The van der Waals surface area contributed by atoms with Gasteiger partial charge in [-0.1, -0.05) is 25.1 Å². The van der Waals surface area contributed by atoms with Gasteiger partial charge in [0.15, 0.2) is 5.60 Å². The molecule has 1 saturated heterocycles. The molecule has 1 aromatic carbocycles. The molecule has 0 bridgehead atoms. The Bertz CT molecular complexity index is 742. The number of hydrogen-bond acceptors (Lipinski definition) is 2. The van der Waals surface area contributed by atoms with Gasteiger partial charge in [-0.25, -0.2) is 0 Å². The molecular weight excluding hydrogens is 300 g/mol. The number of carbonyl (C=O) groups is 1. The highest BCUT2D eigenvalue weighted by molar-refractivity contribution is 5.76. The van der Waals surface area contributed by atoms with Crippen molar-refractivity contribution in [2.75, 3.05) is 13.1 Å². The topological polar surface area (TPSA) is 34.5 Å². The second-order valence-electron chi connectivity index (χ2n) is 6.86. The predicted octanol–water partition coefficient (Wildman–Crippen LogP) is 3.55. The van der Waals surface area contributed by atoms with Gasteiger partial charge in [0, 0.05) is 44.1 Å². The van der Waals surface area contributed by atoms with Crippen molar-refractivity contribution in [1.82, 2.24) is 9.47 Å². The summed E-state index contributed by atoms with van der Waals surface area (Å²) in [6.45, 7) is 4.44. The van der Waals surface area contributed by atoms with E-state index in [0.717, 1.165) is 44.6 Å². The van der Waals surface area contributed by atoms with Crippen LogP contribution in [0.5, 0.6) is 5.75 Å².